The molecule has 0 saturated heterocycles. The number of hydrogen-bond donors (Lipinski definition) is 1. The lowest BCUT2D eigenvalue weighted by Crippen LogP contribution is -2.52. The van der Waals surface area contributed by atoms with Crippen molar-refractivity contribution in [2.75, 3.05) is 0 Å². The maximum absolute atomic E-state index is 10.4. The molecule has 1 nitrogen and oxygen atoms in total. The molecule has 4 bridgehead atoms. The molecule has 19 heavy (non-hydrogen) atoms. The van der Waals surface area contributed by atoms with E-state index >= 15 is 0 Å². The van der Waals surface area contributed by atoms with Crippen LogP contribution in [0.2, 0.25) is 0 Å². The van der Waals surface area contributed by atoms with Gasteiger partial charge in [0.25, 0.3) is 0 Å². The molecule has 2 unspecified atom stereocenters. The Labute approximate surface area is 116 Å². The van der Waals surface area contributed by atoms with Gasteiger partial charge in [0.15, 0.2) is 0 Å². The van der Waals surface area contributed by atoms with E-state index in [1.807, 2.05) is 12.1 Å². The first-order valence-electron chi connectivity index (χ1n) is 7.78. The molecule has 0 spiro atoms. The van der Waals surface area contributed by atoms with Crippen molar-refractivity contribution in [2.24, 2.45) is 17.3 Å². The predicted molar refractivity (Wildman–Crippen MR) is 77.3 cm³/mol. The zero-order chi connectivity index (χ0) is 13.3. The van der Waals surface area contributed by atoms with Crippen LogP contribution in [0.15, 0.2) is 18.2 Å². The van der Waals surface area contributed by atoms with Crippen molar-refractivity contribution in [1.82, 2.24) is 0 Å². The van der Waals surface area contributed by atoms with Crippen molar-refractivity contribution in [3.63, 3.8) is 0 Å². The summed E-state index contributed by atoms with van der Waals surface area (Å²) in [6.07, 6.45) is 8.23. The second-order valence-corrected chi connectivity index (χ2v) is 8.07. The Balaban J connectivity index is 1.83. The van der Waals surface area contributed by atoms with E-state index in [2.05, 4.69) is 19.9 Å². The van der Waals surface area contributed by atoms with Crippen molar-refractivity contribution >= 4 is 0 Å². The van der Waals surface area contributed by atoms with Crippen LogP contribution in [-0.2, 0) is 5.41 Å². The summed E-state index contributed by atoms with van der Waals surface area (Å²) in [5.74, 6) is 2.36. The predicted octanol–water partition coefficient (Wildman–Crippen LogP) is 4.56. The van der Waals surface area contributed by atoms with Crippen LogP contribution in [0, 0.1) is 24.2 Å². The van der Waals surface area contributed by atoms with Crippen molar-refractivity contribution in [3.05, 3.63) is 29.3 Å². The largest absolute Gasteiger partial charge is 0.508 e. The van der Waals surface area contributed by atoms with Crippen LogP contribution < -0.4 is 0 Å². The van der Waals surface area contributed by atoms with Gasteiger partial charge >= 0.3 is 0 Å². The molecule has 4 saturated carbocycles. The molecule has 4 atom stereocenters. The van der Waals surface area contributed by atoms with E-state index in [1.54, 1.807) is 0 Å². The number of hydrogen-bond acceptors (Lipinski definition) is 1. The Morgan fingerprint density at radius 3 is 2.42 bits per heavy atom. The third-order valence-corrected chi connectivity index (χ3v) is 6.08. The normalized spacial score (nSPS) is 43.7. The maximum atomic E-state index is 10.4. The van der Waals surface area contributed by atoms with Gasteiger partial charge in [0.1, 0.15) is 5.75 Å². The molecule has 102 valence electrons. The molecular formula is C18H24O. The topological polar surface area (TPSA) is 20.2 Å². The van der Waals surface area contributed by atoms with E-state index in [9.17, 15) is 5.11 Å². The van der Waals surface area contributed by atoms with Crippen LogP contribution in [0.25, 0.3) is 0 Å². The van der Waals surface area contributed by atoms with Crippen molar-refractivity contribution in [2.45, 2.75) is 57.8 Å². The van der Waals surface area contributed by atoms with Crippen LogP contribution in [0.5, 0.6) is 5.75 Å². The van der Waals surface area contributed by atoms with Gasteiger partial charge < -0.3 is 5.11 Å². The summed E-state index contributed by atoms with van der Waals surface area (Å²) in [7, 11) is 0. The third kappa shape index (κ3) is 1.67. The fourth-order valence-electron chi connectivity index (χ4n) is 6.11. The number of aryl methyl sites for hydroxylation is 1. The van der Waals surface area contributed by atoms with E-state index in [0.717, 1.165) is 11.8 Å². The molecule has 1 aromatic carbocycles. The molecule has 0 aliphatic heterocycles. The SMILES string of the molecule is Cc1ccc(O)c(C23C[C@@H]4C[C@@H](CC(C)(C4)C2)C3)c1. The first-order chi connectivity index (χ1) is 8.98. The van der Waals surface area contributed by atoms with Crippen LogP contribution in [0.1, 0.15) is 56.6 Å². The van der Waals surface area contributed by atoms with E-state index in [1.165, 1.54) is 49.7 Å². The van der Waals surface area contributed by atoms with Crippen LogP contribution in [-0.4, -0.2) is 5.11 Å². The molecule has 1 heteroatoms. The number of rotatable bonds is 1. The fraction of sp³-hybridized carbons (Fsp3) is 0.667. The molecule has 4 aliphatic carbocycles. The van der Waals surface area contributed by atoms with Crippen molar-refractivity contribution in [3.8, 4) is 5.75 Å². The van der Waals surface area contributed by atoms with Gasteiger partial charge in [0, 0.05) is 11.0 Å². The Bertz CT molecular complexity index is 516. The summed E-state index contributed by atoms with van der Waals surface area (Å²) in [5, 5.41) is 10.4. The first kappa shape index (κ1) is 11.8. The Morgan fingerprint density at radius 1 is 1.11 bits per heavy atom. The van der Waals surface area contributed by atoms with Gasteiger partial charge in [-0.3, -0.25) is 0 Å². The highest BCUT2D eigenvalue weighted by atomic mass is 16.3. The summed E-state index contributed by atoms with van der Waals surface area (Å²) in [5.41, 5.74) is 3.37. The smallest absolute Gasteiger partial charge is 0.119 e. The zero-order valence-electron chi connectivity index (χ0n) is 12.1. The van der Waals surface area contributed by atoms with Gasteiger partial charge in [-0.25, -0.2) is 0 Å². The fourth-order valence-corrected chi connectivity index (χ4v) is 6.11. The highest BCUT2D eigenvalue weighted by molar-refractivity contribution is 5.43. The minimum Gasteiger partial charge on any atom is -0.508 e. The van der Waals surface area contributed by atoms with Crippen LogP contribution in [0.4, 0.5) is 0 Å². The van der Waals surface area contributed by atoms with Gasteiger partial charge in [-0.1, -0.05) is 24.6 Å². The number of benzene rings is 1. The summed E-state index contributed by atoms with van der Waals surface area (Å²) in [6.45, 7) is 4.64. The minimum absolute atomic E-state index is 0.287. The highest BCUT2D eigenvalue weighted by Crippen LogP contribution is 2.66. The highest BCUT2D eigenvalue weighted by Gasteiger charge is 2.56. The number of phenolic OH excluding ortho intramolecular Hbond substituents is 1. The summed E-state index contributed by atoms with van der Waals surface area (Å²) >= 11 is 0. The quantitative estimate of drug-likeness (QED) is 0.781. The van der Waals surface area contributed by atoms with Gasteiger partial charge in [-0.15, -0.1) is 0 Å². The molecule has 0 radical (unpaired) electrons. The molecule has 4 fully saturated rings. The lowest BCUT2D eigenvalue weighted by Gasteiger charge is -2.61. The molecule has 4 aliphatic rings. The second kappa shape index (κ2) is 3.56. The van der Waals surface area contributed by atoms with E-state index in [4.69, 9.17) is 0 Å². The van der Waals surface area contributed by atoms with Crippen molar-refractivity contribution in [1.29, 1.82) is 0 Å². The molecule has 1 N–H and O–H groups in total. The molecule has 5 rings (SSSR count). The summed E-state index contributed by atoms with van der Waals surface area (Å²) in [6, 6.07) is 6.19. The number of aromatic hydroxyl groups is 1. The van der Waals surface area contributed by atoms with Crippen LogP contribution >= 0.6 is 0 Å². The minimum atomic E-state index is 0.287. The Kier molecular flexibility index (Phi) is 2.21. The molecule has 0 amide bonds. The first-order valence-corrected chi connectivity index (χ1v) is 7.78. The average molecular weight is 256 g/mol. The molecule has 0 heterocycles. The Morgan fingerprint density at radius 2 is 1.79 bits per heavy atom. The van der Waals surface area contributed by atoms with Gasteiger partial charge in [0.05, 0.1) is 0 Å². The number of phenols is 1. The average Bonchev–Trinajstić information content (AvgIpc) is 2.29. The van der Waals surface area contributed by atoms with Gasteiger partial charge in [0.2, 0.25) is 0 Å². The standard InChI is InChI=1S/C18H24O/c1-12-3-4-16(19)15(5-12)18-9-13-6-14(10-18)8-17(2,7-13)11-18/h3-5,13-14,19H,6-11H2,1-2H3/t13-,14+,17?,18?. The van der Waals surface area contributed by atoms with E-state index in [0.29, 0.717) is 11.2 Å². The lowest BCUT2D eigenvalue weighted by molar-refractivity contribution is -0.0622. The molecular weight excluding hydrogens is 232 g/mol. The third-order valence-electron chi connectivity index (χ3n) is 6.08. The van der Waals surface area contributed by atoms with Gasteiger partial charge in [-0.05, 0) is 68.8 Å². The molecule has 1 aromatic rings. The zero-order valence-corrected chi connectivity index (χ0v) is 12.1. The van der Waals surface area contributed by atoms with Crippen LogP contribution in [0.3, 0.4) is 0 Å². The molecule has 0 aromatic heterocycles. The Hall–Kier alpha value is -0.980. The van der Waals surface area contributed by atoms with E-state index < -0.39 is 0 Å². The lowest BCUT2D eigenvalue weighted by atomic mass is 9.43. The van der Waals surface area contributed by atoms with Gasteiger partial charge in [-0.2, -0.15) is 0 Å². The maximum Gasteiger partial charge on any atom is 0.119 e. The summed E-state index contributed by atoms with van der Waals surface area (Å²) in [4.78, 5) is 0. The second-order valence-electron chi connectivity index (χ2n) is 8.07. The summed E-state index contributed by atoms with van der Waals surface area (Å²) < 4.78 is 0. The van der Waals surface area contributed by atoms with E-state index in [-0.39, 0.29) is 5.41 Å². The monoisotopic (exact) mass is 256 g/mol. The van der Waals surface area contributed by atoms with Crippen molar-refractivity contribution < 1.29 is 5.11 Å².